The van der Waals surface area contributed by atoms with E-state index in [0.29, 0.717) is 12.0 Å². The lowest BCUT2D eigenvalue weighted by Crippen LogP contribution is -2.07. The maximum absolute atomic E-state index is 13.5. The van der Waals surface area contributed by atoms with E-state index in [-0.39, 0.29) is 12.0 Å². The van der Waals surface area contributed by atoms with E-state index in [4.69, 9.17) is 0 Å². The predicted octanol–water partition coefficient (Wildman–Crippen LogP) is 3.65. The summed E-state index contributed by atoms with van der Waals surface area (Å²) in [6.07, 6.45) is 1.69. The molecule has 1 nitrogen and oxygen atoms in total. The second-order valence-corrected chi connectivity index (χ2v) is 3.58. The van der Waals surface area contributed by atoms with E-state index in [1.165, 1.54) is 13.0 Å². The van der Waals surface area contributed by atoms with Crippen LogP contribution in [-0.4, -0.2) is 5.78 Å². The van der Waals surface area contributed by atoms with Gasteiger partial charge in [-0.1, -0.05) is 19.4 Å². The van der Waals surface area contributed by atoms with Crippen LogP contribution in [0.25, 0.3) is 0 Å². The normalized spacial score (nSPS) is 10.4. The van der Waals surface area contributed by atoms with Crippen molar-refractivity contribution in [3.8, 4) is 0 Å². The number of aryl methyl sites for hydroxylation is 1. The Bertz CT molecular complexity index is 372. The Labute approximate surface area is 88.1 Å². The zero-order valence-electron chi connectivity index (χ0n) is 8.94. The van der Waals surface area contributed by atoms with Crippen molar-refractivity contribution in [1.82, 2.24) is 0 Å². The van der Waals surface area contributed by atoms with E-state index in [2.05, 4.69) is 0 Å². The van der Waals surface area contributed by atoms with Crippen molar-refractivity contribution < 1.29 is 13.6 Å². The van der Waals surface area contributed by atoms with Crippen LogP contribution in [0.5, 0.6) is 0 Å². The molecule has 15 heavy (non-hydrogen) atoms. The van der Waals surface area contributed by atoms with Crippen molar-refractivity contribution in [2.75, 3.05) is 0 Å². The van der Waals surface area contributed by atoms with Gasteiger partial charge in [0, 0.05) is 6.42 Å². The van der Waals surface area contributed by atoms with Gasteiger partial charge in [-0.3, -0.25) is 4.79 Å². The number of Topliss-reactive ketones (excluding diaryl/α,β-unsaturated/α-hetero) is 1. The Morgan fingerprint density at radius 1 is 1.33 bits per heavy atom. The molecule has 0 N–H and O–H groups in total. The summed E-state index contributed by atoms with van der Waals surface area (Å²) in [7, 11) is 0. The molecule has 0 aliphatic rings. The molecule has 0 unspecified atom stereocenters. The third-order valence-corrected chi connectivity index (χ3v) is 2.32. The number of halogens is 2. The van der Waals surface area contributed by atoms with Gasteiger partial charge in [0.25, 0.3) is 0 Å². The minimum absolute atomic E-state index is 0.202. The summed E-state index contributed by atoms with van der Waals surface area (Å²) >= 11 is 0. The lowest BCUT2D eigenvalue weighted by atomic mass is 10.0. The highest BCUT2D eigenvalue weighted by molar-refractivity contribution is 5.96. The summed E-state index contributed by atoms with van der Waals surface area (Å²) in [6.45, 7) is 3.45. The highest BCUT2D eigenvalue weighted by atomic mass is 19.1. The van der Waals surface area contributed by atoms with Gasteiger partial charge in [-0.05, 0) is 25.0 Å². The summed E-state index contributed by atoms with van der Waals surface area (Å²) in [5, 5.41) is 0. The van der Waals surface area contributed by atoms with Crippen LogP contribution in [0.15, 0.2) is 12.1 Å². The fourth-order valence-electron chi connectivity index (χ4n) is 1.37. The smallest absolute Gasteiger partial charge is 0.168 e. The number of rotatable bonds is 4. The van der Waals surface area contributed by atoms with Crippen molar-refractivity contribution in [2.45, 2.75) is 33.1 Å². The molecule has 0 aliphatic heterocycles. The molecule has 1 aromatic rings. The van der Waals surface area contributed by atoms with Crippen LogP contribution in [-0.2, 0) is 0 Å². The second kappa shape index (κ2) is 5.01. The SMILES string of the molecule is CCCCC(=O)c1c(F)ccc(C)c1F. The molecule has 0 radical (unpaired) electrons. The number of unbranched alkanes of at least 4 members (excludes halogenated alkanes) is 1. The molecule has 1 aromatic carbocycles. The summed E-state index contributed by atoms with van der Waals surface area (Å²) < 4.78 is 26.7. The summed E-state index contributed by atoms with van der Waals surface area (Å²) in [4.78, 5) is 11.5. The topological polar surface area (TPSA) is 17.1 Å². The zero-order chi connectivity index (χ0) is 11.4. The first-order valence-corrected chi connectivity index (χ1v) is 5.05. The number of hydrogen-bond donors (Lipinski definition) is 0. The molecule has 0 aromatic heterocycles. The molecule has 0 spiro atoms. The second-order valence-electron chi connectivity index (χ2n) is 3.58. The monoisotopic (exact) mass is 212 g/mol. The molecule has 0 atom stereocenters. The Hall–Kier alpha value is -1.25. The van der Waals surface area contributed by atoms with Crippen LogP contribution < -0.4 is 0 Å². The molecule has 0 fully saturated rings. The van der Waals surface area contributed by atoms with Crippen LogP contribution in [0.1, 0.15) is 42.1 Å². The van der Waals surface area contributed by atoms with Gasteiger partial charge in [0.05, 0.1) is 5.56 Å². The van der Waals surface area contributed by atoms with Gasteiger partial charge < -0.3 is 0 Å². The van der Waals surface area contributed by atoms with Crippen LogP contribution in [0.4, 0.5) is 8.78 Å². The highest BCUT2D eigenvalue weighted by Crippen LogP contribution is 2.18. The molecule has 0 heterocycles. The van der Waals surface area contributed by atoms with Gasteiger partial charge in [0.1, 0.15) is 11.6 Å². The van der Waals surface area contributed by atoms with Crippen LogP contribution in [0, 0.1) is 18.6 Å². The number of carbonyl (C=O) groups excluding carboxylic acids is 1. The highest BCUT2D eigenvalue weighted by Gasteiger charge is 2.17. The van der Waals surface area contributed by atoms with Crippen LogP contribution >= 0.6 is 0 Å². The molecule has 0 bridgehead atoms. The van der Waals surface area contributed by atoms with Crippen molar-refractivity contribution in [2.24, 2.45) is 0 Å². The molecule has 0 amide bonds. The molecule has 0 saturated carbocycles. The molecular formula is C12H14F2O. The minimum Gasteiger partial charge on any atom is -0.294 e. The standard InChI is InChI=1S/C12H14F2O/c1-3-4-5-10(15)11-9(13)7-6-8(2)12(11)14/h6-7H,3-5H2,1-2H3. The number of benzene rings is 1. The van der Waals surface area contributed by atoms with Gasteiger partial charge in [-0.15, -0.1) is 0 Å². The quantitative estimate of drug-likeness (QED) is 0.696. The fourth-order valence-corrected chi connectivity index (χ4v) is 1.37. The molecule has 1 rings (SSSR count). The van der Waals surface area contributed by atoms with E-state index >= 15 is 0 Å². The van der Waals surface area contributed by atoms with E-state index in [0.717, 1.165) is 12.5 Å². The number of hydrogen-bond acceptors (Lipinski definition) is 1. The van der Waals surface area contributed by atoms with Gasteiger partial charge in [-0.25, -0.2) is 8.78 Å². The minimum atomic E-state index is -0.765. The van der Waals surface area contributed by atoms with Crippen LogP contribution in [0.3, 0.4) is 0 Å². The molecule has 3 heteroatoms. The first-order valence-electron chi connectivity index (χ1n) is 5.05. The largest absolute Gasteiger partial charge is 0.294 e. The summed E-state index contributed by atoms with van der Waals surface area (Å²) in [5.74, 6) is -1.94. The Balaban J connectivity index is 3.02. The van der Waals surface area contributed by atoms with E-state index in [1.54, 1.807) is 0 Å². The molecule has 0 saturated heterocycles. The van der Waals surface area contributed by atoms with E-state index < -0.39 is 17.4 Å². The maximum Gasteiger partial charge on any atom is 0.168 e. The van der Waals surface area contributed by atoms with Crippen molar-refractivity contribution in [3.63, 3.8) is 0 Å². The third kappa shape index (κ3) is 2.61. The molecule has 82 valence electrons. The van der Waals surface area contributed by atoms with Gasteiger partial charge >= 0.3 is 0 Å². The van der Waals surface area contributed by atoms with Gasteiger partial charge in [-0.2, -0.15) is 0 Å². The predicted molar refractivity (Wildman–Crippen MR) is 55.0 cm³/mol. The average molecular weight is 212 g/mol. The lowest BCUT2D eigenvalue weighted by molar-refractivity contribution is 0.0971. The fraction of sp³-hybridized carbons (Fsp3) is 0.417. The van der Waals surface area contributed by atoms with Crippen LogP contribution in [0.2, 0.25) is 0 Å². The first kappa shape index (κ1) is 11.8. The van der Waals surface area contributed by atoms with Gasteiger partial charge in [0.2, 0.25) is 0 Å². The maximum atomic E-state index is 13.5. The Morgan fingerprint density at radius 3 is 2.60 bits per heavy atom. The van der Waals surface area contributed by atoms with Crippen molar-refractivity contribution in [1.29, 1.82) is 0 Å². The Morgan fingerprint density at radius 2 is 2.00 bits per heavy atom. The van der Waals surface area contributed by atoms with Crippen molar-refractivity contribution >= 4 is 5.78 Å². The van der Waals surface area contributed by atoms with Gasteiger partial charge in [0.15, 0.2) is 5.78 Å². The number of ketones is 1. The van der Waals surface area contributed by atoms with E-state index in [1.807, 2.05) is 6.92 Å². The average Bonchev–Trinajstić information content (AvgIpc) is 2.21. The summed E-state index contributed by atoms with van der Waals surface area (Å²) in [6, 6.07) is 2.47. The lowest BCUT2D eigenvalue weighted by Gasteiger charge is -2.05. The zero-order valence-corrected chi connectivity index (χ0v) is 8.94. The first-order chi connectivity index (χ1) is 7.07. The molecule has 0 aliphatic carbocycles. The number of carbonyl (C=O) groups is 1. The molecular weight excluding hydrogens is 198 g/mol. The Kier molecular flexibility index (Phi) is 3.95. The third-order valence-electron chi connectivity index (χ3n) is 2.32. The van der Waals surface area contributed by atoms with Crippen molar-refractivity contribution in [3.05, 3.63) is 34.9 Å². The van der Waals surface area contributed by atoms with E-state index in [9.17, 15) is 13.6 Å². The summed E-state index contributed by atoms with van der Waals surface area (Å²) in [5.41, 5.74) is -0.0836.